The van der Waals surface area contributed by atoms with Crippen LogP contribution in [0.25, 0.3) is 0 Å². The number of aromatic hydroxyl groups is 3. The van der Waals surface area contributed by atoms with E-state index in [9.17, 15) is 20.4 Å². The standard InChI is InChI=1S/C17H18O6/c1-8-15-13(20)6-10(22-2)7-14(15)23-17(16(8)21)9-3-4-11(18)12(19)5-9/h3-8,16-21H,1-2H3/t8?,16-,17+/m0/s1. The molecule has 23 heavy (non-hydrogen) atoms. The van der Waals surface area contributed by atoms with Crippen LogP contribution in [0.5, 0.6) is 28.7 Å². The summed E-state index contributed by atoms with van der Waals surface area (Å²) in [6.45, 7) is 1.78. The minimum Gasteiger partial charge on any atom is -0.507 e. The highest BCUT2D eigenvalue weighted by molar-refractivity contribution is 5.54. The Bertz CT molecular complexity index is 742. The number of phenols is 3. The smallest absolute Gasteiger partial charge is 0.157 e. The van der Waals surface area contributed by atoms with Gasteiger partial charge in [-0.3, -0.25) is 0 Å². The highest BCUT2D eigenvalue weighted by atomic mass is 16.5. The molecular weight excluding hydrogens is 300 g/mol. The molecule has 0 amide bonds. The van der Waals surface area contributed by atoms with E-state index in [1.54, 1.807) is 19.1 Å². The zero-order valence-corrected chi connectivity index (χ0v) is 12.7. The van der Waals surface area contributed by atoms with Crippen molar-refractivity contribution in [2.45, 2.75) is 25.0 Å². The van der Waals surface area contributed by atoms with Gasteiger partial charge in [-0.1, -0.05) is 13.0 Å². The first kappa shape index (κ1) is 15.3. The van der Waals surface area contributed by atoms with Crippen LogP contribution >= 0.6 is 0 Å². The minimum atomic E-state index is -0.925. The molecule has 0 spiro atoms. The van der Waals surface area contributed by atoms with Gasteiger partial charge in [-0.2, -0.15) is 0 Å². The maximum absolute atomic E-state index is 10.5. The van der Waals surface area contributed by atoms with Crippen molar-refractivity contribution < 1.29 is 29.9 Å². The molecule has 122 valence electrons. The van der Waals surface area contributed by atoms with Gasteiger partial charge in [-0.25, -0.2) is 0 Å². The van der Waals surface area contributed by atoms with Crippen LogP contribution < -0.4 is 9.47 Å². The largest absolute Gasteiger partial charge is 0.507 e. The molecule has 0 bridgehead atoms. The molecule has 6 nitrogen and oxygen atoms in total. The summed E-state index contributed by atoms with van der Waals surface area (Å²) in [7, 11) is 1.48. The maximum Gasteiger partial charge on any atom is 0.157 e. The van der Waals surface area contributed by atoms with Gasteiger partial charge in [-0.05, 0) is 17.7 Å². The van der Waals surface area contributed by atoms with E-state index in [0.717, 1.165) is 0 Å². The van der Waals surface area contributed by atoms with Gasteiger partial charge < -0.3 is 29.9 Å². The predicted octanol–water partition coefficient (Wildman–Crippen LogP) is 2.41. The number of hydrogen-bond acceptors (Lipinski definition) is 6. The van der Waals surface area contributed by atoms with Crippen LogP contribution in [0.1, 0.15) is 30.1 Å². The first-order valence-electron chi connectivity index (χ1n) is 7.20. The topological polar surface area (TPSA) is 99.4 Å². The van der Waals surface area contributed by atoms with E-state index in [-0.39, 0.29) is 23.2 Å². The van der Waals surface area contributed by atoms with E-state index in [4.69, 9.17) is 9.47 Å². The molecule has 0 saturated heterocycles. The summed E-state index contributed by atoms with van der Waals surface area (Å²) in [6, 6.07) is 7.37. The maximum atomic E-state index is 10.5. The predicted molar refractivity (Wildman–Crippen MR) is 82.2 cm³/mol. The van der Waals surface area contributed by atoms with E-state index in [1.807, 2.05) is 0 Å². The van der Waals surface area contributed by atoms with Crippen LogP contribution in [-0.2, 0) is 0 Å². The number of fused-ring (bicyclic) bond motifs is 1. The van der Waals surface area contributed by atoms with Crippen molar-refractivity contribution in [2.24, 2.45) is 0 Å². The first-order valence-corrected chi connectivity index (χ1v) is 7.20. The molecule has 2 aromatic rings. The second-order valence-corrected chi connectivity index (χ2v) is 5.62. The molecule has 3 rings (SSSR count). The highest BCUT2D eigenvalue weighted by Gasteiger charge is 2.38. The van der Waals surface area contributed by atoms with Crippen molar-refractivity contribution >= 4 is 0 Å². The first-order chi connectivity index (χ1) is 10.9. The van der Waals surface area contributed by atoms with E-state index in [1.165, 1.54) is 25.3 Å². The monoisotopic (exact) mass is 318 g/mol. The fourth-order valence-corrected chi connectivity index (χ4v) is 2.88. The van der Waals surface area contributed by atoms with Gasteiger partial charge in [0.25, 0.3) is 0 Å². The van der Waals surface area contributed by atoms with Gasteiger partial charge in [0.2, 0.25) is 0 Å². The number of ether oxygens (including phenoxy) is 2. The lowest BCUT2D eigenvalue weighted by molar-refractivity contribution is 0.00263. The summed E-state index contributed by atoms with van der Waals surface area (Å²) < 4.78 is 11.0. The third kappa shape index (κ3) is 2.51. The average Bonchev–Trinajstić information content (AvgIpc) is 2.52. The molecule has 0 radical (unpaired) electrons. The molecule has 0 aliphatic carbocycles. The van der Waals surface area contributed by atoms with Gasteiger partial charge in [0.15, 0.2) is 17.6 Å². The van der Waals surface area contributed by atoms with Crippen molar-refractivity contribution in [2.75, 3.05) is 7.11 Å². The third-order valence-electron chi connectivity index (χ3n) is 4.19. The van der Waals surface area contributed by atoms with Gasteiger partial charge in [0.1, 0.15) is 23.4 Å². The molecule has 1 aliphatic rings. The molecule has 6 heteroatoms. The zero-order chi connectivity index (χ0) is 16.7. The number of aliphatic hydroxyl groups is 1. The Morgan fingerprint density at radius 3 is 2.39 bits per heavy atom. The Labute approximate surface area is 133 Å². The summed E-state index contributed by atoms with van der Waals surface area (Å²) in [6.07, 6.45) is -1.67. The van der Waals surface area contributed by atoms with E-state index >= 15 is 0 Å². The SMILES string of the molecule is COc1cc(O)c2c(c1)O[C@H](c1ccc(O)c(O)c1)[C@@H](O)C2C. The number of rotatable bonds is 2. The fraction of sp³-hybridized carbons (Fsp3) is 0.294. The number of hydrogen-bond donors (Lipinski definition) is 4. The van der Waals surface area contributed by atoms with Crippen LogP contribution in [0.4, 0.5) is 0 Å². The second kappa shape index (κ2) is 5.55. The number of phenolic OH excluding ortho intramolecular Hbond substituents is 3. The third-order valence-corrected chi connectivity index (χ3v) is 4.19. The Balaban J connectivity index is 2.06. The van der Waals surface area contributed by atoms with Crippen LogP contribution in [0.2, 0.25) is 0 Å². The normalized spacial score (nSPS) is 23.0. The molecule has 4 N–H and O–H groups in total. The van der Waals surface area contributed by atoms with Gasteiger partial charge in [0.05, 0.1) is 7.11 Å². The lowest BCUT2D eigenvalue weighted by Crippen LogP contribution is -2.33. The Morgan fingerprint density at radius 2 is 1.74 bits per heavy atom. The molecule has 1 unspecified atom stereocenters. The molecular formula is C17H18O6. The lowest BCUT2D eigenvalue weighted by Gasteiger charge is -2.36. The number of aliphatic hydroxyl groups excluding tert-OH is 1. The molecule has 0 aromatic heterocycles. The molecule has 2 aromatic carbocycles. The number of methoxy groups -OCH3 is 1. The fourth-order valence-electron chi connectivity index (χ4n) is 2.88. The second-order valence-electron chi connectivity index (χ2n) is 5.62. The van der Waals surface area contributed by atoms with Crippen molar-refractivity contribution in [1.29, 1.82) is 0 Å². The lowest BCUT2D eigenvalue weighted by atomic mass is 9.85. The number of benzene rings is 2. The van der Waals surface area contributed by atoms with Crippen molar-refractivity contribution in [1.82, 2.24) is 0 Å². The van der Waals surface area contributed by atoms with Gasteiger partial charge >= 0.3 is 0 Å². The van der Waals surface area contributed by atoms with Crippen LogP contribution in [0, 0.1) is 0 Å². The molecule has 0 fully saturated rings. The summed E-state index contributed by atoms with van der Waals surface area (Å²) in [5.74, 6) is -0.0603. The summed E-state index contributed by atoms with van der Waals surface area (Å²) in [5, 5.41) is 39.8. The molecule has 1 heterocycles. The van der Waals surface area contributed by atoms with E-state index in [2.05, 4.69) is 0 Å². The van der Waals surface area contributed by atoms with Gasteiger partial charge in [-0.15, -0.1) is 0 Å². The van der Waals surface area contributed by atoms with Crippen molar-refractivity contribution in [3.8, 4) is 28.7 Å². The quantitative estimate of drug-likeness (QED) is 0.635. The highest BCUT2D eigenvalue weighted by Crippen LogP contribution is 2.48. The van der Waals surface area contributed by atoms with Gasteiger partial charge in [0, 0.05) is 23.6 Å². The Hall–Kier alpha value is -2.60. The Morgan fingerprint density at radius 1 is 1.00 bits per heavy atom. The van der Waals surface area contributed by atoms with Crippen LogP contribution in [0.3, 0.4) is 0 Å². The average molecular weight is 318 g/mol. The zero-order valence-electron chi connectivity index (χ0n) is 12.7. The summed E-state index contributed by atoms with van der Waals surface area (Å²) >= 11 is 0. The molecule has 0 saturated carbocycles. The van der Waals surface area contributed by atoms with E-state index < -0.39 is 12.2 Å². The van der Waals surface area contributed by atoms with E-state index in [0.29, 0.717) is 22.6 Å². The minimum absolute atomic E-state index is 0.00194. The summed E-state index contributed by atoms with van der Waals surface area (Å²) in [5.41, 5.74) is 1.03. The summed E-state index contributed by atoms with van der Waals surface area (Å²) in [4.78, 5) is 0. The van der Waals surface area contributed by atoms with Crippen molar-refractivity contribution in [3.05, 3.63) is 41.5 Å². The molecule has 1 aliphatic heterocycles. The van der Waals surface area contributed by atoms with Crippen LogP contribution in [0.15, 0.2) is 30.3 Å². The Kier molecular flexibility index (Phi) is 3.69. The molecule has 3 atom stereocenters. The van der Waals surface area contributed by atoms with Crippen LogP contribution in [-0.4, -0.2) is 33.6 Å². The van der Waals surface area contributed by atoms with Crippen molar-refractivity contribution in [3.63, 3.8) is 0 Å².